The Labute approximate surface area is 119 Å². The van der Waals surface area contributed by atoms with E-state index in [-0.39, 0.29) is 0 Å². The molecule has 1 saturated heterocycles. The maximum absolute atomic E-state index is 5.32. The van der Waals surface area contributed by atoms with Crippen molar-refractivity contribution in [2.45, 2.75) is 20.3 Å². The van der Waals surface area contributed by atoms with Crippen LogP contribution in [0.5, 0.6) is 5.88 Å². The molecule has 20 heavy (non-hydrogen) atoms. The van der Waals surface area contributed by atoms with Crippen molar-refractivity contribution in [3.63, 3.8) is 0 Å². The first-order chi connectivity index (χ1) is 9.69. The van der Waals surface area contributed by atoms with Crippen LogP contribution in [0.2, 0.25) is 0 Å². The van der Waals surface area contributed by atoms with E-state index in [0.717, 1.165) is 24.0 Å². The third-order valence-corrected chi connectivity index (χ3v) is 3.99. The summed E-state index contributed by atoms with van der Waals surface area (Å²) in [5.74, 6) is 2.03. The standard InChI is InChI=1S/C16H21N3O/c1-11-7-12(2)10-19(9-11)14-8-18-16(20-3)15-13(14)5-4-6-17-15/h4-6,8,11-12H,7,9-10H2,1-3H3/t11-,12+. The zero-order chi connectivity index (χ0) is 14.1. The monoisotopic (exact) mass is 271 g/mol. The van der Waals surface area contributed by atoms with Gasteiger partial charge in [0, 0.05) is 24.7 Å². The third kappa shape index (κ3) is 2.30. The van der Waals surface area contributed by atoms with E-state index in [2.05, 4.69) is 34.8 Å². The average Bonchev–Trinajstić information content (AvgIpc) is 2.45. The molecule has 2 aromatic rings. The van der Waals surface area contributed by atoms with Crippen LogP contribution < -0.4 is 9.64 Å². The Bertz CT molecular complexity index is 604. The van der Waals surface area contributed by atoms with Crippen molar-refractivity contribution in [3.05, 3.63) is 24.5 Å². The summed E-state index contributed by atoms with van der Waals surface area (Å²) in [6.45, 7) is 6.81. The number of anilines is 1. The Kier molecular flexibility index (Phi) is 3.47. The van der Waals surface area contributed by atoms with Crippen molar-refractivity contribution >= 4 is 16.6 Å². The topological polar surface area (TPSA) is 38.2 Å². The second-order valence-corrected chi connectivity index (χ2v) is 5.90. The molecule has 2 atom stereocenters. The van der Waals surface area contributed by atoms with Gasteiger partial charge in [-0.05, 0) is 30.4 Å². The Balaban J connectivity index is 2.08. The van der Waals surface area contributed by atoms with E-state index in [1.54, 1.807) is 13.3 Å². The molecule has 0 bridgehead atoms. The van der Waals surface area contributed by atoms with Gasteiger partial charge in [0.2, 0.25) is 5.88 Å². The summed E-state index contributed by atoms with van der Waals surface area (Å²) in [5.41, 5.74) is 2.02. The second kappa shape index (κ2) is 5.27. The lowest BCUT2D eigenvalue weighted by atomic mass is 9.91. The number of nitrogens with zero attached hydrogens (tertiary/aromatic N) is 3. The smallest absolute Gasteiger partial charge is 0.240 e. The summed E-state index contributed by atoms with van der Waals surface area (Å²) in [6, 6.07) is 4.08. The number of aromatic nitrogens is 2. The second-order valence-electron chi connectivity index (χ2n) is 5.90. The first-order valence-corrected chi connectivity index (χ1v) is 7.21. The molecule has 0 N–H and O–H groups in total. The number of fused-ring (bicyclic) bond motifs is 1. The molecule has 0 radical (unpaired) electrons. The molecular formula is C16H21N3O. The molecule has 106 valence electrons. The molecule has 0 aliphatic carbocycles. The highest BCUT2D eigenvalue weighted by atomic mass is 16.5. The van der Waals surface area contributed by atoms with Crippen molar-refractivity contribution in [2.75, 3.05) is 25.1 Å². The van der Waals surface area contributed by atoms with Crippen LogP contribution in [0.15, 0.2) is 24.5 Å². The number of piperidine rings is 1. The molecule has 1 aliphatic rings. The van der Waals surface area contributed by atoms with E-state index in [4.69, 9.17) is 4.74 Å². The Morgan fingerprint density at radius 2 is 1.95 bits per heavy atom. The largest absolute Gasteiger partial charge is 0.479 e. The summed E-state index contributed by atoms with van der Waals surface area (Å²) in [4.78, 5) is 11.3. The molecule has 0 amide bonds. The maximum Gasteiger partial charge on any atom is 0.240 e. The van der Waals surface area contributed by atoms with Crippen LogP contribution in [0, 0.1) is 11.8 Å². The van der Waals surface area contributed by atoms with Crippen LogP contribution in [0.4, 0.5) is 5.69 Å². The summed E-state index contributed by atoms with van der Waals surface area (Å²) in [6.07, 6.45) is 5.02. The maximum atomic E-state index is 5.32. The number of rotatable bonds is 2. The Morgan fingerprint density at radius 1 is 1.20 bits per heavy atom. The van der Waals surface area contributed by atoms with Crippen molar-refractivity contribution in [1.29, 1.82) is 0 Å². The van der Waals surface area contributed by atoms with E-state index in [1.165, 1.54) is 12.1 Å². The number of ether oxygens (including phenoxy) is 1. The zero-order valence-corrected chi connectivity index (χ0v) is 12.3. The van der Waals surface area contributed by atoms with Gasteiger partial charge in [0.25, 0.3) is 0 Å². The lowest BCUT2D eigenvalue weighted by molar-refractivity contribution is 0.357. The average molecular weight is 271 g/mol. The van der Waals surface area contributed by atoms with Gasteiger partial charge in [0.15, 0.2) is 0 Å². The Hall–Kier alpha value is -1.84. The lowest BCUT2D eigenvalue weighted by Crippen LogP contribution is -2.38. The molecule has 3 heterocycles. The molecule has 1 fully saturated rings. The van der Waals surface area contributed by atoms with Crippen LogP contribution in [0.3, 0.4) is 0 Å². The van der Waals surface area contributed by atoms with Gasteiger partial charge in [0.1, 0.15) is 5.52 Å². The summed E-state index contributed by atoms with van der Waals surface area (Å²) < 4.78 is 5.32. The summed E-state index contributed by atoms with van der Waals surface area (Å²) in [5, 5.41) is 1.13. The molecule has 4 heteroatoms. The predicted octanol–water partition coefficient (Wildman–Crippen LogP) is 3.12. The normalized spacial score (nSPS) is 23.1. The lowest BCUT2D eigenvalue weighted by Gasteiger charge is -2.37. The summed E-state index contributed by atoms with van der Waals surface area (Å²) in [7, 11) is 1.64. The third-order valence-electron chi connectivity index (χ3n) is 3.99. The van der Waals surface area contributed by atoms with E-state index in [9.17, 15) is 0 Å². The van der Waals surface area contributed by atoms with Gasteiger partial charge < -0.3 is 9.64 Å². The molecule has 1 aliphatic heterocycles. The summed E-state index contributed by atoms with van der Waals surface area (Å²) >= 11 is 0. The van der Waals surface area contributed by atoms with Crippen LogP contribution >= 0.6 is 0 Å². The van der Waals surface area contributed by atoms with Crippen LogP contribution in [0.25, 0.3) is 10.9 Å². The molecule has 0 spiro atoms. The van der Waals surface area contributed by atoms with Gasteiger partial charge in [-0.1, -0.05) is 13.8 Å². The Morgan fingerprint density at radius 3 is 2.65 bits per heavy atom. The number of hydrogen-bond donors (Lipinski definition) is 0. The molecule has 0 saturated carbocycles. The van der Waals surface area contributed by atoms with Crippen LogP contribution in [-0.4, -0.2) is 30.2 Å². The van der Waals surface area contributed by atoms with Gasteiger partial charge in [-0.15, -0.1) is 0 Å². The van der Waals surface area contributed by atoms with Crippen molar-refractivity contribution in [3.8, 4) is 5.88 Å². The van der Waals surface area contributed by atoms with E-state index >= 15 is 0 Å². The highest BCUT2D eigenvalue weighted by Gasteiger charge is 2.24. The highest BCUT2D eigenvalue weighted by Crippen LogP contribution is 2.33. The number of hydrogen-bond acceptors (Lipinski definition) is 4. The molecule has 4 nitrogen and oxygen atoms in total. The molecular weight excluding hydrogens is 250 g/mol. The molecule has 0 unspecified atom stereocenters. The first kappa shape index (κ1) is 13.2. The van der Waals surface area contributed by atoms with Gasteiger partial charge in [-0.3, -0.25) is 4.98 Å². The van der Waals surface area contributed by atoms with E-state index in [0.29, 0.717) is 17.7 Å². The number of pyridine rings is 2. The van der Waals surface area contributed by atoms with E-state index in [1.807, 2.05) is 12.3 Å². The molecule has 3 rings (SSSR count). The number of methoxy groups -OCH3 is 1. The van der Waals surface area contributed by atoms with Gasteiger partial charge in [0.05, 0.1) is 19.0 Å². The fourth-order valence-corrected chi connectivity index (χ4v) is 3.29. The highest BCUT2D eigenvalue weighted by molar-refractivity contribution is 5.94. The quantitative estimate of drug-likeness (QED) is 0.841. The van der Waals surface area contributed by atoms with Gasteiger partial charge in [-0.25, -0.2) is 4.98 Å². The fourth-order valence-electron chi connectivity index (χ4n) is 3.29. The first-order valence-electron chi connectivity index (χ1n) is 7.21. The molecule has 2 aromatic heterocycles. The van der Waals surface area contributed by atoms with Crippen LogP contribution in [0.1, 0.15) is 20.3 Å². The minimum absolute atomic E-state index is 0.599. The SMILES string of the molecule is COc1ncc(N2C[C@H](C)C[C@H](C)C2)c2cccnc12. The van der Waals surface area contributed by atoms with Crippen molar-refractivity contribution < 1.29 is 4.74 Å². The van der Waals surface area contributed by atoms with Crippen molar-refractivity contribution in [1.82, 2.24) is 9.97 Å². The van der Waals surface area contributed by atoms with Gasteiger partial charge in [-0.2, -0.15) is 0 Å². The van der Waals surface area contributed by atoms with Crippen molar-refractivity contribution in [2.24, 2.45) is 11.8 Å². The van der Waals surface area contributed by atoms with E-state index < -0.39 is 0 Å². The fraction of sp³-hybridized carbons (Fsp3) is 0.500. The molecule has 0 aromatic carbocycles. The predicted molar refractivity (Wildman–Crippen MR) is 81.2 cm³/mol. The zero-order valence-electron chi connectivity index (χ0n) is 12.3. The van der Waals surface area contributed by atoms with Gasteiger partial charge >= 0.3 is 0 Å². The minimum Gasteiger partial charge on any atom is -0.479 e. The van der Waals surface area contributed by atoms with Crippen LogP contribution in [-0.2, 0) is 0 Å². The minimum atomic E-state index is 0.599.